The monoisotopic (exact) mass is 338 g/mol. The van der Waals surface area contributed by atoms with Gasteiger partial charge in [-0.2, -0.15) is 0 Å². The molecule has 1 aliphatic heterocycles. The zero-order chi connectivity index (χ0) is 11.5. The van der Waals surface area contributed by atoms with Crippen molar-refractivity contribution < 1.29 is 4.79 Å². The van der Waals surface area contributed by atoms with Crippen LogP contribution in [0.2, 0.25) is 5.02 Å². The maximum atomic E-state index is 11.8. The van der Waals surface area contributed by atoms with E-state index < -0.39 is 0 Å². The molecule has 0 bridgehead atoms. The predicted molar refractivity (Wildman–Crippen MR) is 75.1 cm³/mol. The summed E-state index contributed by atoms with van der Waals surface area (Å²) in [5.74, 6) is 0.447. The molecule has 1 heterocycles. The fourth-order valence-electron chi connectivity index (χ4n) is 1.50. The number of carbonyl (C=O) groups is 1. The molecule has 1 aromatic carbocycles. The van der Waals surface area contributed by atoms with E-state index >= 15 is 0 Å². The molecule has 0 aliphatic carbocycles. The molecule has 17 heavy (non-hydrogen) atoms. The summed E-state index contributed by atoms with van der Waals surface area (Å²) in [6.07, 6.45) is 0. The molecule has 1 fully saturated rings. The average molecular weight is 340 g/mol. The van der Waals surface area contributed by atoms with Gasteiger partial charge in [-0.05, 0) is 18.2 Å². The van der Waals surface area contributed by atoms with E-state index in [0.29, 0.717) is 23.0 Å². The Bertz CT molecular complexity index is 410. The molecule has 2 N–H and O–H groups in total. The van der Waals surface area contributed by atoms with Crippen LogP contribution in [0.15, 0.2) is 22.7 Å². The standard InChI is InChI=1S/C11H12BrClN2O.ClH/c12-8-1-2-9(10(13)3-8)11(16)15-6-7-4-14-5-7;/h1-3,7,14H,4-6H2,(H,15,16);1H. The Morgan fingerprint density at radius 3 is 2.76 bits per heavy atom. The Balaban J connectivity index is 0.00000144. The highest BCUT2D eigenvalue weighted by Gasteiger charge is 2.18. The second-order valence-electron chi connectivity index (χ2n) is 3.86. The second-order valence-corrected chi connectivity index (χ2v) is 5.18. The van der Waals surface area contributed by atoms with E-state index in [0.717, 1.165) is 17.6 Å². The molecular formula is C11H13BrCl2N2O. The minimum Gasteiger partial charge on any atom is -0.352 e. The van der Waals surface area contributed by atoms with E-state index in [9.17, 15) is 4.79 Å². The van der Waals surface area contributed by atoms with Crippen LogP contribution in [0.1, 0.15) is 10.4 Å². The Hall–Kier alpha value is -0.290. The first-order valence-electron chi connectivity index (χ1n) is 5.11. The lowest BCUT2D eigenvalue weighted by Crippen LogP contribution is -2.48. The van der Waals surface area contributed by atoms with Crippen LogP contribution in [0.4, 0.5) is 0 Å². The third-order valence-electron chi connectivity index (χ3n) is 2.59. The average Bonchev–Trinajstić information content (AvgIpc) is 2.14. The molecule has 2 rings (SSSR count). The molecule has 0 radical (unpaired) electrons. The van der Waals surface area contributed by atoms with Crippen LogP contribution in [0, 0.1) is 5.92 Å². The van der Waals surface area contributed by atoms with Crippen molar-refractivity contribution in [1.29, 1.82) is 0 Å². The van der Waals surface area contributed by atoms with Gasteiger partial charge >= 0.3 is 0 Å². The number of nitrogens with one attached hydrogen (secondary N) is 2. The number of amides is 1. The summed E-state index contributed by atoms with van der Waals surface area (Å²) in [5, 5.41) is 6.51. The highest BCUT2D eigenvalue weighted by Crippen LogP contribution is 2.21. The first kappa shape index (κ1) is 14.8. The molecule has 94 valence electrons. The molecule has 1 amide bonds. The fourth-order valence-corrected chi connectivity index (χ4v) is 2.26. The minimum absolute atomic E-state index is 0. The van der Waals surface area contributed by atoms with Crippen LogP contribution in [-0.4, -0.2) is 25.5 Å². The van der Waals surface area contributed by atoms with Crippen molar-refractivity contribution >= 4 is 45.8 Å². The maximum Gasteiger partial charge on any atom is 0.252 e. The summed E-state index contributed by atoms with van der Waals surface area (Å²) in [5.41, 5.74) is 0.525. The van der Waals surface area contributed by atoms with Crippen molar-refractivity contribution in [2.24, 2.45) is 5.92 Å². The van der Waals surface area contributed by atoms with E-state index in [1.54, 1.807) is 12.1 Å². The molecule has 1 saturated heterocycles. The highest BCUT2D eigenvalue weighted by molar-refractivity contribution is 9.10. The normalized spacial score (nSPS) is 14.7. The van der Waals surface area contributed by atoms with Gasteiger partial charge in [0.1, 0.15) is 0 Å². The van der Waals surface area contributed by atoms with Crippen LogP contribution >= 0.6 is 39.9 Å². The largest absolute Gasteiger partial charge is 0.352 e. The molecule has 3 nitrogen and oxygen atoms in total. The lowest BCUT2D eigenvalue weighted by Gasteiger charge is -2.27. The zero-order valence-electron chi connectivity index (χ0n) is 9.00. The van der Waals surface area contributed by atoms with E-state index in [2.05, 4.69) is 26.6 Å². The number of benzene rings is 1. The van der Waals surface area contributed by atoms with Crippen molar-refractivity contribution in [1.82, 2.24) is 10.6 Å². The molecule has 0 aromatic heterocycles. The molecule has 0 unspecified atom stereocenters. The van der Waals surface area contributed by atoms with Crippen LogP contribution in [0.25, 0.3) is 0 Å². The Labute approximate surface area is 120 Å². The molecule has 1 aliphatic rings. The van der Waals surface area contributed by atoms with Crippen LogP contribution < -0.4 is 10.6 Å². The maximum absolute atomic E-state index is 11.8. The van der Waals surface area contributed by atoms with E-state index in [1.165, 1.54) is 0 Å². The van der Waals surface area contributed by atoms with Gasteiger partial charge in [-0.15, -0.1) is 12.4 Å². The number of halogens is 3. The van der Waals surface area contributed by atoms with E-state index in [-0.39, 0.29) is 18.3 Å². The molecule has 1 aromatic rings. The summed E-state index contributed by atoms with van der Waals surface area (Å²) < 4.78 is 0.872. The Kier molecular flexibility index (Phi) is 5.73. The summed E-state index contributed by atoms with van der Waals surface area (Å²) in [6, 6.07) is 5.26. The van der Waals surface area contributed by atoms with Gasteiger partial charge in [0.25, 0.3) is 5.91 Å². The highest BCUT2D eigenvalue weighted by atomic mass is 79.9. The molecule has 0 atom stereocenters. The van der Waals surface area contributed by atoms with Gasteiger partial charge < -0.3 is 10.6 Å². The van der Waals surface area contributed by atoms with Crippen molar-refractivity contribution in [2.75, 3.05) is 19.6 Å². The van der Waals surface area contributed by atoms with Gasteiger partial charge in [0.2, 0.25) is 0 Å². The molecule has 0 spiro atoms. The lowest BCUT2D eigenvalue weighted by molar-refractivity contribution is 0.0942. The second kappa shape index (κ2) is 6.59. The Morgan fingerprint density at radius 2 is 2.24 bits per heavy atom. The smallest absolute Gasteiger partial charge is 0.252 e. The topological polar surface area (TPSA) is 41.1 Å². The number of rotatable bonds is 3. The van der Waals surface area contributed by atoms with Crippen molar-refractivity contribution in [3.8, 4) is 0 Å². The quantitative estimate of drug-likeness (QED) is 0.888. The van der Waals surface area contributed by atoms with Crippen molar-refractivity contribution in [3.05, 3.63) is 33.3 Å². The summed E-state index contributed by atoms with van der Waals surface area (Å²) in [7, 11) is 0. The summed E-state index contributed by atoms with van der Waals surface area (Å²) in [4.78, 5) is 11.8. The van der Waals surface area contributed by atoms with Crippen LogP contribution in [0.5, 0.6) is 0 Å². The number of carbonyl (C=O) groups excluding carboxylic acids is 1. The number of hydrogen-bond donors (Lipinski definition) is 2. The zero-order valence-corrected chi connectivity index (χ0v) is 12.2. The van der Waals surface area contributed by atoms with Gasteiger partial charge in [0.15, 0.2) is 0 Å². The van der Waals surface area contributed by atoms with Crippen molar-refractivity contribution in [3.63, 3.8) is 0 Å². The van der Waals surface area contributed by atoms with Gasteiger partial charge in [0, 0.05) is 30.0 Å². The summed E-state index contributed by atoms with van der Waals surface area (Å²) in [6.45, 7) is 2.67. The van der Waals surface area contributed by atoms with Gasteiger partial charge in [-0.25, -0.2) is 0 Å². The third-order valence-corrected chi connectivity index (χ3v) is 3.40. The van der Waals surface area contributed by atoms with Gasteiger partial charge in [-0.3, -0.25) is 4.79 Å². The fraction of sp³-hybridized carbons (Fsp3) is 0.364. The molecular weight excluding hydrogens is 327 g/mol. The number of hydrogen-bond acceptors (Lipinski definition) is 2. The minimum atomic E-state index is -0.107. The predicted octanol–water partition coefficient (Wildman–Crippen LogP) is 2.47. The first-order valence-corrected chi connectivity index (χ1v) is 6.28. The van der Waals surface area contributed by atoms with E-state index in [1.807, 2.05) is 6.07 Å². The third kappa shape index (κ3) is 3.85. The molecule has 6 heteroatoms. The van der Waals surface area contributed by atoms with Gasteiger partial charge in [-0.1, -0.05) is 27.5 Å². The molecule has 0 saturated carbocycles. The lowest BCUT2D eigenvalue weighted by atomic mass is 10.0. The SMILES string of the molecule is Cl.O=C(NCC1CNC1)c1ccc(Br)cc1Cl. The first-order chi connectivity index (χ1) is 7.66. The van der Waals surface area contributed by atoms with Crippen molar-refractivity contribution in [2.45, 2.75) is 0 Å². The van der Waals surface area contributed by atoms with Gasteiger partial charge in [0.05, 0.1) is 10.6 Å². The summed E-state index contributed by atoms with van der Waals surface area (Å²) >= 11 is 9.29. The van der Waals surface area contributed by atoms with Crippen LogP contribution in [-0.2, 0) is 0 Å². The van der Waals surface area contributed by atoms with Crippen LogP contribution in [0.3, 0.4) is 0 Å². The van der Waals surface area contributed by atoms with E-state index in [4.69, 9.17) is 11.6 Å². The Morgan fingerprint density at radius 1 is 1.53 bits per heavy atom.